The normalized spacial score (nSPS) is 11.4. The van der Waals surface area contributed by atoms with Crippen LogP contribution in [0.1, 0.15) is 5.56 Å². The highest BCUT2D eigenvalue weighted by molar-refractivity contribution is 5.95. The highest BCUT2D eigenvalue weighted by Gasteiger charge is 2.03. The molecule has 6 nitrogen and oxygen atoms in total. The minimum absolute atomic E-state index is 0.125. The number of aliphatic imine (C=N–C) groups is 1. The maximum Gasteiger partial charge on any atom is 0.197 e. The van der Waals surface area contributed by atoms with Crippen LogP contribution in [0.2, 0.25) is 0 Å². The Bertz CT molecular complexity index is 343. The number of nitrogens with one attached hydrogen (secondary N) is 1. The number of hydrogen-bond acceptors (Lipinski definition) is 3. The molecule has 0 aliphatic heterocycles. The summed E-state index contributed by atoms with van der Waals surface area (Å²) in [4.78, 5) is 5.39. The molecule has 1 aromatic rings. The molecule has 82 valence electrons. The van der Waals surface area contributed by atoms with Crippen molar-refractivity contribution in [1.82, 2.24) is 4.90 Å². The van der Waals surface area contributed by atoms with Gasteiger partial charge in [-0.2, -0.15) is 0 Å². The number of furan rings is 1. The predicted molar refractivity (Wildman–Crippen MR) is 58.6 cm³/mol. The van der Waals surface area contributed by atoms with E-state index >= 15 is 0 Å². The van der Waals surface area contributed by atoms with Crippen LogP contribution in [0.15, 0.2) is 28.0 Å². The molecule has 1 rings (SSSR count). The smallest absolute Gasteiger partial charge is 0.197 e. The minimum atomic E-state index is -0.125. The Morgan fingerprint density at radius 1 is 1.60 bits per heavy atom. The lowest BCUT2D eigenvalue weighted by Gasteiger charge is -2.14. The van der Waals surface area contributed by atoms with E-state index in [1.54, 1.807) is 19.6 Å². The Morgan fingerprint density at radius 2 is 2.33 bits per heavy atom. The van der Waals surface area contributed by atoms with Gasteiger partial charge >= 0.3 is 0 Å². The molecule has 0 amide bonds. The summed E-state index contributed by atoms with van der Waals surface area (Å²) in [6.07, 6.45) is 4.04. The van der Waals surface area contributed by atoms with Gasteiger partial charge in [-0.25, -0.2) is 0 Å². The zero-order valence-electron chi connectivity index (χ0n) is 8.60. The first kappa shape index (κ1) is 11.1. The fourth-order valence-corrected chi connectivity index (χ4v) is 0.964. The van der Waals surface area contributed by atoms with Crippen molar-refractivity contribution in [3.8, 4) is 0 Å². The lowest BCUT2D eigenvalue weighted by Crippen LogP contribution is -2.42. The van der Waals surface area contributed by atoms with Gasteiger partial charge in [-0.1, -0.05) is 0 Å². The Labute approximate surface area is 88.1 Å². The van der Waals surface area contributed by atoms with Gasteiger partial charge < -0.3 is 15.9 Å². The zero-order valence-corrected chi connectivity index (χ0v) is 8.60. The van der Waals surface area contributed by atoms with Crippen LogP contribution < -0.4 is 11.5 Å². The van der Waals surface area contributed by atoms with Crippen LogP contribution >= 0.6 is 0 Å². The van der Waals surface area contributed by atoms with E-state index in [4.69, 9.17) is 21.3 Å². The third-order valence-electron chi connectivity index (χ3n) is 1.96. The molecule has 0 aromatic carbocycles. The van der Waals surface area contributed by atoms with Gasteiger partial charge in [0.15, 0.2) is 11.9 Å². The molecular weight excluding hydrogens is 194 g/mol. The molecule has 15 heavy (non-hydrogen) atoms. The molecule has 0 spiro atoms. The second-order valence-corrected chi connectivity index (χ2v) is 3.07. The van der Waals surface area contributed by atoms with E-state index in [1.807, 2.05) is 6.07 Å². The van der Waals surface area contributed by atoms with Crippen molar-refractivity contribution < 1.29 is 4.42 Å². The summed E-state index contributed by atoms with van der Waals surface area (Å²) in [5.41, 5.74) is 11.9. The first-order valence-corrected chi connectivity index (χ1v) is 4.50. The van der Waals surface area contributed by atoms with Crippen molar-refractivity contribution in [2.45, 2.75) is 6.42 Å². The molecule has 0 atom stereocenters. The van der Waals surface area contributed by atoms with Gasteiger partial charge in [0.2, 0.25) is 0 Å². The summed E-state index contributed by atoms with van der Waals surface area (Å²) in [7, 11) is 1.60. The van der Waals surface area contributed by atoms with Crippen LogP contribution in [0.4, 0.5) is 0 Å². The predicted octanol–water partition coefficient (Wildman–Crippen LogP) is -0.0379. The van der Waals surface area contributed by atoms with Crippen molar-refractivity contribution in [2.24, 2.45) is 16.5 Å². The van der Waals surface area contributed by atoms with Crippen LogP contribution in [-0.4, -0.2) is 30.4 Å². The average molecular weight is 209 g/mol. The topological polar surface area (TPSA) is 105 Å². The summed E-state index contributed by atoms with van der Waals surface area (Å²) in [5, 5.41) is 7.13. The molecule has 0 radical (unpaired) electrons. The van der Waals surface area contributed by atoms with Crippen LogP contribution in [0, 0.1) is 5.41 Å². The van der Waals surface area contributed by atoms with Crippen molar-refractivity contribution in [2.75, 3.05) is 13.6 Å². The zero-order chi connectivity index (χ0) is 11.3. The summed E-state index contributed by atoms with van der Waals surface area (Å²) < 4.78 is 4.91. The molecular formula is C9H15N5O. The van der Waals surface area contributed by atoms with E-state index in [-0.39, 0.29) is 11.9 Å². The van der Waals surface area contributed by atoms with Gasteiger partial charge in [-0.15, -0.1) is 0 Å². The second-order valence-electron chi connectivity index (χ2n) is 3.07. The largest absolute Gasteiger partial charge is 0.472 e. The SMILES string of the molecule is CN(C(=N)N)C(N)=NCCc1ccoc1. The quantitative estimate of drug-likeness (QED) is 0.480. The minimum Gasteiger partial charge on any atom is -0.472 e. The first-order valence-electron chi connectivity index (χ1n) is 4.50. The molecule has 0 saturated heterocycles. The molecule has 5 N–H and O–H groups in total. The van der Waals surface area contributed by atoms with Gasteiger partial charge in [0.05, 0.1) is 12.5 Å². The maximum absolute atomic E-state index is 7.13. The van der Waals surface area contributed by atoms with Crippen molar-refractivity contribution in [1.29, 1.82) is 5.41 Å². The number of nitrogens with zero attached hydrogens (tertiary/aromatic N) is 2. The van der Waals surface area contributed by atoms with Crippen LogP contribution in [0.5, 0.6) is 0 Å². The number of rotatable bonds is 3. The van der Waals surface area contributed by atoms with Gasteiger partial charge in [0.25, 0.3) is 0 Å². The molecule has 0 saturated carbocycles. The molecule has 0 unspecified atom stereocenters. The Balaban J connectivity index is 2.41. The van der Waals surface area contributed by atoms with E-state index in [9.17, 15) is 0 Å². The summed E-state index contributed by atoms with van der Waals surface area (Å²) in [6.45, 7) is 0.545. The third kappa shape index (κ3) is 3.34. The fourth-order valence-electron chi connectivity index (χ4n) is 0.964. The Morgan fingerprint density at radius 3 is 2.87 bits per heavy atom. The second kappa shape index (κ2) is 5.04. The monoisotopic (exact) mass is 209 g/mol. The lowest BCUT2D eigenvalue weighted by molar-refractivity contribution is 0.564. The molecule has 1 heterocycles. The summed E-state index contributed by atoms with van der Waals surface area (Å²) in [6, 6.07) is 1.88. The Kier molecular flexibility index (Phi) is 3.73. The highest BCUT2D eigenvalue weighted by Crippen LogP contribution is 2.00. The molecule has 0 bridgehead atoms. The van der Waals surface area contributed by atoms with Crippen LogP contribution in [0.3, 0.4) is 0 Å². The third-order valence-corrected chi connectivity index (χ3v) is 1.96. The number of hydrogen-bond donors (Lipinski definition) is 3. The van der Waals surface area contributed by atoms with Gasteiger partial charge in [-0.05, 0) is 18.1 Å². The molecule has 6 heteroatoms. The van der Waals surface area contributed by atoms with E-state index in [1.165, 1.54) is 4.90 Å². The molecule has 0 aliphatic rings. The van der Waals surface area contributed by atoms with E-state index in [0.717, 1.165) is 12.0 Å². The van der Waals surface area contributed by atoms with Crippen LogP contribution in [-0.2, 0) is 6.42 Å². The van der Waals surface area contributed by atoms with Crippen molar-refractivity contribution >= 4 is 11.9 Å². The van der Waals surface area contributed by atoms with E-state index in [0.29, 0.717) is 6.54 Å². The van der Waals surface area contributed by atoms with Gasteiger partial charge in [0, 0.05) is 13.6 Å². The summed E-state index contributed by atoms with van der Waals surface area (Å²) in [5.74, 6) is 0.116. The fraction of sp³-hybridized carbons (Fsp3) is 0.333. The number of nitrogens with two attached hydrogens (primary N) is 2. The molecule has 0 aliphatic carbocycles. The number of guanidine groups is 2. The van der Waals surface area contributed by atoms with E-state index in [2.05, 4.69) is 4.99 Å². The van der Waals surface area contributed by atoms with Crippen LogP contribution in [0.25, 0.3) is 0 Å². The molecule has 1 aromatic heterocycles. The average Bonchev–Trinajstić information content (AvgIpc) is 2.69. The Hall–Kier alpha value is -1.98. The summed E-state index contributed by atoms with van der Waals surface area (Å²) >= 11 is 0. The molecule has 0 fully saturated rings. The van der Waals surface area contributed by atoms with Crippen molar-refractivity contribution in [3.05, 3.63) is 24.2 Å². The standard InChI is InChI=1S/C9H15N5O/c1-14(8(10)11)9(12)13-4-2-7-3-5-15-6-7/h3,5-6H,2,4H2,1H3,(H3,10,11)(H2,12,13). The lowest BCUT2D eigenvalue weighted by atomic mass is 10.2. The van der Waals surface area contributed by atoms with Gasteiger partial charge in [-0.3, -0.25) is 15.3 Å². The van der Waals surface area contributed by atoms with E-state index < -0.39 is 0 Å². The van der Waals surface area contributed by atoms with Gasteiger partial charge in [0.1, 0.15) is 0 Å². The highest BCUT2D eigenvalue weighted by atomic mass is 16.3. The first-order chi connectivity index (χ1) is 7.11. The maximum atomic E-state index is 7.13. The van der Waals surface area contributed by atoms with Crippen molar-refractivity contribution in [3.63, 3.8) is 0 Å².